The summed E-state index contributed by atoms with van der Waals surface area (Å²) in [7, 11) is 0. The van der Waals surface area contributed by atoms with Gasteiger partial charge in [-0.05, 0) is 25.0 Å². The van der Waals surface area contributed by atoms with Crippen LogP contribution in [0.2, 0.25) is 0 Å². The molecule has 0 atom stereocenters. The van der Waals surface area contributed by atoms with E-state index in [0.717, 1.165) is 37.8 Å². The van der Waals surface area contributed by atoms with Crippen molar-refractivity contribution in [3.63, 3.8) is 0 Å². The summed E-state index contributed by atoms with van der Waals surface area (Å²) < 4.78 is 26.2. The van der Waals surface area contributed by atoms with Gasteiger partial charge in [0.1, 0.15) is 11.6 Å². The molecule has 0 heterocycles. The number of rotatable bonds is 5. The molecule has 0 aromatic heterocycles. The molecule has 0 radical (unpaired) electrons. The highest BCUT2D eigenvalue weighted by molar-refractivity contribution is 5.94. The van der Waals surface area contributed by atoms with E-state index < -0.39 is 17.5 Å². The second kappa shape index (κ2) is 7.87. The average Bonchev–Trinajstić information content (AvgIpc) is 2.52. The fraction of sp³-hybridized carbons (Fsp3) is 0.500. The fourth-order valence-electron chi connectivity index (χ4n) is 2.64. The molecule has 0 saturated heterocycles. The predicted molar refractivity (Wildman–Crippen MR) is 78.3 cm³/mol. The zero-order valence-electron chi connectivity index (χ0n) is 12.3. The molecule has 2 N–H and O–H groups in total. The topological polar surface area (TPSA) is 58.2 Å². The summed E-state index contributed by atoms with van der Waals surface area (Å²) >= 11 is 0. The van der Waals surface area contributed by atoms with Crippen molar-refractivity contribution in [3.05, 3.63) is 35.4 Å². The number of hydrogen-bond donors (Lipinski definition) is 2. The van der Waals surface area contributed by atoms with Crippen molar-refractivity contribution in [2.24, 2.45) is 5.92 Å². The lowest BCUT2D eigenvalue weighted by Gasteiger charge is -2.20. The van der Waals surface area contributed by atoms with Gasteiger partial charge in [-0.2, -0.15) is 0 Å². The molecule has 1 aliphatic carbocycles. The van der Waals surface area contributed by atoms with Crippen LogP contribution in [0.3, 0.4) is 0 Å². The van der Waals surface area contributed by atoms with Crippen LogP contribution in [0.15, 0.2) is 18.2 Å². The summed E-state index contributed by atoms with van der Waals surface area (Å²) in [6, 6.07) is 2.79. The Hall–Kier alpha value is -1.98. The lowest BCUT2D eigenvalue weighted by molar-refractivity contribution is -0.125. The van der Waals surface area contributed by atoms with Gasteiger partial charge < -0.3 is 10.6 Å². The molecule has 6 heteroatoms. The first-order valence-electron chi connectivity index (χ1n) is 7.59. The summed E-state index contributed by atoms with van der Waals surface area (Å²) in [5.41, 5.74) is -0.208. The van der Waals surface area contributed by atoms with Crippen LogP contribution in [0.4, 0.5) is 8.78 Å². The second-order valence-corrected chi connectivity index (χ2v) is 5.51. The molecule has 1 saturated carbocycles. The van der Waals surface area contributed by atoms with E-state index in [1.165, 1.54) is 6.42 Å². The number of amides is 2. The summed E-state index contributed by atoms with van der Waals surface area (Å²) in [5, 5.41) is 5.28. The first-order chi connectivity index (χ1) is 10.6. The number of halogens is 2. The van der Waals surface area contributed by atoms with Crippen LogP contribution in [0.5, 0.6) is 0 Å². The third-order valence-corrected chi connectivity index (χ3v) is 3.86. The number of hydrogen-bond acceptors (Lipinski definition) is 2. The Labute approximate surface area is 128 Å². The Kier molecular flexibility index (Phi) is 5.86. The van der Waals surface area contributed by atoms with Gasteiger partial charge in [0.05, 0.1) is 5.56 Å². The van der Waals surface area contributed by atoms with Crippen molar-refractivity contribution < 1.29 is 18.4 Å². The van der Waals surface area contributed by atoms with Gasteiger partial charge in [0.15, 0.2) is 0 Å². The van der Waals surface area contributed by atoms with E-state index in [9.17, 15) is 18.4 Å². The molecule has 22 heavy (non-hydrogen) atoms. The van der Waals surface area contributed by atoms with Crippen molar-refractivity contribution in [2.75, 3.05) is 13.1 Å². The highest BCUT2D eigenvalue weighted by Gasteiger charge is 2.20. The standard InChI is InChI=1S/C16H20F2N2O2/c17-12-6-7-13(14(18)10-12)16(22)20-9-8-19-15(21)11-4-2-1-3-5-11/h6-7,10-11H,1-5,8-9H2,(H,19,21)(H,20,22). The van der Waals surface area contributed by atoms with Crippen LogP contribution in [0, 0.1) is 17.6 Å². The Bertz CT molecular complexity index is 543. The van der Waals surface area contributed by atoms with Gasteiger partial charge in [-0.1, -0.05) is 19.3 Å². The van der Waals surface area contributed by atoms with Crippen LogP contribution in [-0.4, -0.2) is 24.9 Å². The minimum Gasteiger partial charge on any atom is -0.354 e. The third kappa shape index (κ3) is 4.51. The molecule has 2 amide bonds. The van der Waals surface area contributed by atoms with Crippen molar-refractivity contribution in [3.8, 4) is 0 Å². The zero-order valence-corrected chi connectivity index (χ0v) is 12.3. The second-order valence-electron chi connectivity index (χ2n) is 5.51. The lowest BCUT2D eigenvalue weighted by Crippen LogP contribution is -2.38. The minimum atomic E-state index is -0.899. The van der Waals surface area contributed by atoms with Crippen LogP contribution in [0.1, 0.15) is 42.5 Å². The maximum absolute atomic E-state index is 13.4. The predicted octanol–water partition coefficient (Wildman–Crippen LogP) is 2.39. The smallest absolute Gasteiger partial charge is 0.254 e. The summed E-state index contributed by atoms with van der Waals surface area (Å²) in [6.45, 7) is 0.498. The van der Waals surface area contributed by atoms with Gasteiger partial charge >= 0.3 is 0 Å². The summed E-state index contributed by atoms with van der Waals surface area (Å²) in [5.74, 6) is -2.16. The highest BCUT2D eigenvalue weighted by atomic mass is 19.1. The molecule has 4 nitrogen and oxygen atoms in total. The maximum Gasteiger partial charge on any atom is 0.254 e. The van der Waals surface area contributed by atoms with Crippen LogP contribution in [0.25, 0.3) is 0 Å². The summed E-state index contributed by atoms with van der Waals surface area (Å²) in [4.78, 5) is 23.6. The van der Waals surface area contributed by atoms with E-state index in [1.807, 2.05) is 0 Å². The average molecular weight is 310 g/mol. The molecular formula is C16H20F2N2O2. The summed E-state index contributed by atoms with van der Waals surface area (Å²) in [6.07, 6.45) is 5.18. The molecule has 1 aliphatic rings. The van der Waals surface area contributed by atoms with Gasteiger partial charge in [-0.3, -0.25) is 9.59 Å². The number of benzene rings is 1. The molecule has 1 aromatic carbocycles. The lowest BCUT2D eigenvalue weighted by atomic mass is 9.89. The first kappa shape index (κ1) is 16.4. The van der Waals surface area contributed by atoms with Gasteiger partial charge in [0.2, 0.25) is 5.91 Å². The SMILES string of the molecule is O=C(NCCNC(=O)C1CCCCC1)c1ccc(F)cc1F. The van der Waals surface area contributed by atoms with Gasteiger partial charge in [-0.15, -0.1) is 0 Å². The highest BCUT2D eigenvalue weighted by Crippen LogP contribution is 2.23. The third-order valence-electron chi connectivity index (χ3n) is 3.86. The van der Waals surface area contributed by atoms with E-state index in [0.29, 0.717) is 12.6 Å². The fourth-order valence-corrected chi connectivity index (χ4v) is 2.64. The monoisotopic (exact) mass is 310 g/mol. The van der Waals surface area contributed by atoms with Gasteiger partial charge in [-0.25, -0.2) is 8.78 Å². The number of nitrogens with one attached hydrogen (secondary N) is 2. The van der Waals surface area contributed by atoms with Crippen LogP contribution < -0.4 is 10.6 Å². The molecule has 0 bridgehead atoms. The quantitative estimate of drug-likeness (QED) is 0.821. The van der Waals surface area contributed by atoms with E-state index in [1.54, 1.807) is 0 Å². The molecule has 1 aromatic rings. The van der Waals surface area contributed by atoms with E-state index in [4.69, 9.17) is 0 Å². The van der Waals surface area contributed by atoms with Crippen molar-refractivity contribution in [2.45, 2.75) is 32.1 Å². The Morgan fingerprint density at radius 1 is 1.05 bits per heavy atom. The Balaban J connectivity index is 1.71. The van der Waals surface area contributed by atoms with Crippen LogP contribution in [-0.2, 0) is 4.79 Å². The van der Waals surface area contributed by atoms with Crippen molar-refractivity contribution >= 4 is 11.8 Å². The van der Waals surface area contributed by atoms with Crippen molar-refractivity contribution in [1.82, 2.24) is 10.6 Å². The molecule has 0 unspecified atom stereocenters. The van der Waals surface area contributed by atoms with Crippen LogP contribution >= 0.6 is 0 Å². The molecule has 2 rings (SSSR count). The minimum absolute atomic E-state index is 0.0157. The van der Waals surface area contributed by atoms with Gasteiger partial charge in [0.25, 0.3) is 5.91 Å². The zero-order chi connectivity index (χ0) is 15.9. The Morgan fingerprint density at radius 3 is 2.41 bits per heavy atom. The number of carbonyl (C=O) groups is 2. The van der Waals surface area contributed by atoms with E-state index in [2.05, 4.69) is 10.6 Å². The molecular weight excluding hydrogens is 290 g/mol. The largest absolute Gasteiger partial charge is 0.354 e. The number of carbonyl (C=O) groups excluding carboxylic acids is 2. The molecule has 1 fully saturated rings. The van der Waals surface area contributed by atoms with E-state index >= 15 is 0 Å². The molecule has 0 spiro atoms. The maximum atomic E-state index is 13.4. The normalized spacial score (nSPS) is 15.4. The Morgan fingerprint density at radius 2 is 1.73 bits per heavy atom. The van der Waals surface area contributed by atoms with E-state index in [-0.39, 0.29) is 23.9 Å². The van der Waals surface area contributed by atoms with Gasteiger partial charge in [0, 0.05) is 25.1 Å². The molecule has 0 aliphatic heterocycles. The van der Waals surface area contributed by atoms with Crippen molar-refractivity contribution in [1.29, 1.82) is 0 Å². The molecule has 120 valence electrons. The first-order valence-corrected chi connectivity index (χ1v) is 7.59.